The third-order valence-corrected chi connectivity index (χ3v) is 3.87. The minimum atomic E-state index is -0.179. The first-order valence-corrected chi connectivity index (χ1v) is 7.26. The maximum absolute atomic E-state index is 12.2. The fourth-order valence-electron chi connectivity index (χ4n) is 2.76. The number of hydrogen-bond acceptors (Lipinski definition) is 3. The molecule has 0 atom stereocenters. The van der Waals surface area contributed by atoms with Crippen molar-refractivity contribution in [2.75, 3.05) is 25.0 Å². The number of rotatable bonds is 2. The van der Waals surface area contributed by atoms with Crippen LogP contribution in [0, 0.1) is 6.92 Å². The van der Waals surface area contributed by atoms with Crippen molar-refractivity contribution in [1.29, 1.82) is 0 Å². The van der Waals surface area contributed by atoms with E-state index in [2.05, 4.69) is 0 Å². The summed E-state index contributed by atoms with van der Waals surface area (Å²) in [6.45, 7) is 2.56. The monoisotopic (exact) mass is 294 g/mol. The minimum Gasteiger partial charge on any atom is -0.289 e. The van der Waals surface area contributed by atoms with Crippen molar-refractivity contribution in [3.63, 3.8) is 0 Å². The van der Waals surface area contributed by atoms with Gasteiger partial charge in [-0.1, -0.05) is 36.4 Å². The van der Waals surface area contributed by atoms with Crippen LogP contribution in [0.5, 0.6) is 0 Å². The summed E-state index contributed by atoms with van der Waals surface area (Å²) in [5, 5.41) is 0. The minimum absolute atomic E-state index is 0.179. The molecular weight excluding hydrogens is 276 g/mol. The van der Waals surface area contributed by atoms with Gasteiger partial charge in [-0.3, -0.25) is 14.5 Å². The molecule has 0 spiro atoms. The molecule has 2 aromatic rings. The topological polar surface area (TPSA) is 40.6 Å². The van der Waals surface area contributed by atoms with Gasteiger partial charge in [0, 0.05) is 0 Å². The third kappa shape index (κ3) is 2.65. The average Bonchev–Trinajstić information content (AvgIpc) is 2.49. The molecule has 112 valence electrons. The van der Waals surface area contributed by atoms with Crippen LogP contribution in [0.4, 0.5) is 5.69 Å². The Morgan fingerprint density at radius 2 is 1.55 bits per heavy atom. The zero-order valence-corrected chi connectivity index (χ0v) is 12.7. The largest absolute Gasteiger partial charge is 0.289 e. The number of nitrogens with zero attached hydrogens (tertiary/aromatic N) is 2. The first kappa shape index (κ1) is 14.5. The van der Waals surface area contributed by atoms with E-state index in [0.29, 0.717) is 5.69 Å². The van der Waals surface area contributed by atoms with Crippen LogP contribution in [-0.4, -0.2) is 36.9 Å². The maximum Gasteiger partial charge on any atom is 0.247 e. The molecule has 4 heteroatoms. The van der Waals surface area contributed by atoms with E-state index in [1.165, 1.54) is 4.90 Å². The smallest absolute Gasteiger partial charge is 0.247 e. The average molecular weight is 294 g/mol. The highest BCUT2D eigenvalue weighted by Gasteiger charge is 2.30. The van der Waals surface area contributed by atoms with E-state index in [1.54, 1.807) is 11.9 Å². The fraction of sp³-hybridized carbons (Fsp3) is 0.222. The predicted octanol–water partition coefficient (Wildman–Crippen LogP) is 2.47. The van der Waals surface area contributed by atoms with Gasteiger partial charge in [-0.15, -0.1) is 0 Å². The van der Waals surface area contributed by atoms with Gasteiger partial charge in [0.15, 0.2) is 0 Å². The number of hydrogen-bond donors (Lipinski definition) is 0. The van der Waals surface area contributed by atoms with Gasteiger partial charge >= 0.3 is 0 Å². The third-order valence-electron chi connectivity index (χ3n) is 3.87. The van der Waals surface area contributed by atoms with Gasteiger partial charge in [-0.05, 0) is 42.8 Å². The van der Waals surface area contributed by atoms with Crippen LogP contribution in [0.15, 0.2) is 48.5 Å². The van der Waals surface area contributed by atoms with Gasteiger partial charge in [-0.2, -0.15) is 0 Å². The summed E-state index contributed by atoms with van der Waals surface area (Å²) in [5.74, 6) is -0.358. The highest BCUT2D eigenvalue weighted by atomic mass is 16.2. The lowest BCUT2D eigenvalue weighted by atomic mass is 9.99. The molecule has 0 radical (unpaired) electrons. The number of aryl methyl sites for hydroxylation is 1. The van der Waals surface area contributed by atoms with Gasteiger partial charge in [0.2, 0.25) is 11.8 Å². The Hall–Kier alpha value is -2.46. The first-order chi connectivity index (χ1) is 10.6. The number of carbonyl (C=O) groups excluding carboxylic acids is 2. The molecule has 0 N–H and O–H groups in total. The number of imide groups is 1. The van der Waals surface area contributed by atoms with E-state index in [-0.39, 0.29) is 24.9 Å². The Kier molecular flexibility index (Phi) is 3.77. The number of amides is 2. The van der Waals surface area contributed by atoms with Crippen LogP contribution < -0.4 is 4.90 Å². The zero-order chi connectivity index (χ0) is 15.7. The Balaban J connectivity index is 2.02. The van der Waals surface area contributed by atoms with Gasteiger partial charge in [0.1, 0.15) is 0 Å². The first-order valence-electron chi connectivity index (χ1n) is 7.26. The molecule has 1 heterocycles. The van der Waals surface area contributed by atoms with Crippen LogP contribution >= 0.6 is 0 Å². The molecule has 2 amide bonds. The number of likely N-dealkylation sites (N-methyl/N-ethyl adjacent to an activating group) is 1. The van der Waals surface area contributed by atoms with E-state index in [1.807, 2.05) is 55.5 Å². The summed E-state index contributed by atoms with van der Waals surface area (Å²) in [5.41, 5.74) is 3.88. The molecular formula is C18H18N2O2. The summed E-state index contributed by atoms with van der Waals surface area (Å²) in [7, 11) is 1.78. The lowest BCUT2D eigenvalue weighted by Gasteiger charge is -2.30. The molecule has 1 fully saturated rings. The molecule has 22 heavy (non-hydrogen) atoms. The summed E-state index contributed by atoms with van der Waals surface area (Å²) in [6.07, 6.45) is 0. The van der Waals surface area contributed by atoms with Crippen molar-refractivity contribution in [3.8, 4) is 11.1 Å². The van der Waals surface area contributed by atoms with Gasteiger partial charge < -0.3 is 0 Å². The molecule has 1 aliphatic rings. The number of anilines is 1. The Morgan fingerprint density at radius 1 is 0.909 bits per heavy atom. The summed E-state index contributed by atoms with van der Waals surface area (Å²) in [4.78, 5) is 27.5. The van der Waals surface area contributed by atoms with Gasteiger partial charge in [0.25, 0.3) is 0 Å². The number of carbonyl (C=O) groups is 2. The lowest BCUT2D eigenvalue weighted by Crippen LogP contribution is -2.52. The molecule has 0 saturated carbocycles. The molecule has 1 aliphatic heterocycles. The van der Waals surface area contributed by atoms with Crippen LogP contribution in [-0.2, 0) is 9.59 Å². The van der Waals surface area contributed by atoms with E-state index in [4.69, 9.17) is 0 Å². The molecule has 1 saturated heterocycles. The van der Waals surface area contributed by atoms with Gasteiger partial charge in [-0.25, -0.2) is 4.90 Å². The van der Waals surface area contributed by atoms with Crippen molar-refractivity contribution in [2.24, 2.45) is 0 Å². The predicted molar refractivity (Wildman–Crippen MR) is 86.6 cm³/mol. The molecule has 0 unspecified atom stereocenters. The van der Waals surface area contributed by atoms with Crippen molar-refractivity contribution in [1.82, 2.24) is 4.90 Å². The molecule has 2 aromatic carbocycles. The van der Waals surface area contributed by atoms with E-state index < -0.39 is 0 Å². The highest BCUT2D eigenvalue weighted by Crippen LogP contribution is 2.29. The fourth-order valence-corrected chi connectivity index (χ4v) is 2.76. The molecule has 3 rings (SSSR count). The Labute approximate surface area is 130 Å². The van der Waals surface area contributed by atoms with Gasteiger partial charge in [0.05, 0.1) is 18.8 Å². The molecule has 0 bridgehead atoms. The second-order valence-corrected chi connectivity index (χ2v) is 5.66. The SMILES string of the molecule is Cc1ccc(N2C(=O)CN(C)CC2=O)cc1-c1ccccc1. The lowest BCUT2D eigenvalue weighted by molar-refractivity contribution is -0.131. The van der Waals surface area contributed by atoms with Crippen molar-refractivity contribution in [3.05, 3.63) is 54.1 Å². The van der Waals surface area contributed by atoms with E-state index >= 15 is 0 Å². The van der Waals surface area contributed by atoms with Crippen LogP contribution in [0.1, 0.15) is 5.56 Å². The summed E-state index contributed by atoms with van der Waals surface area (Å²) in [6, 6.07) is 15.7. The maximum atomic E-state index is 12.2. The summed E-state index contributed by atoms with van der Waals surface area (Å²) < 4.78 is 0. The standard InChI is InChI=1S/C18H18N2O2/c1-13-8-9-15(10-16(13)14-6-4-3-5-7-14)20-17(21)11-19(2)12-18(20)22/h3-10H,11-12H2,1-2H3. The normalized spacial score (nSPS) is 16.2. The Morgan fingerprint density at radius 3 is 2.18 bits per heavy atom. The van der Waals surface area contributed by atoms with Crippen molar-refractivity contribution in [2.45, 2.75) is 6.92 Å². The number of piperazine rings is 1. The zero-order valence-electron chi connectivity index (χ0n) is 12.7. The quantitative estimate of drug-likeness (QED) is 0.799. The molecule has 0 aliphatic carbocycles. The summed E-state index contributed by atoms with van der Waals surface area (Å²) >= 11 is 0. The second kappa shape index (κ2) is 5.73. The Bertz CT molecular complexity index is 707. The van der Waals surface area contributed by atoms with Crippen LogP contribution in [0.2, 0.25) is 0 Å². The van der Waals surface area contributed by atoms with Crippen molar-refractivity contribution < 1.29 is 9.59 Å². The van der Waals surface area contributed by atoms with E-state index in [9.17, 15) is 9.59 Å². The number of benzene rings is 2. The molecule has 0 aromatic heterocycles. The van der Waals surface area contributed by atoms with E-state index in [0.717, 1.165) is 16.7 Å². The second-order valence-electron chi connectivity index (χ2n) is 5.66. The van der Waals surface area contributed by atoms with Crippen LogP contribution in [0.25, 0.3) is 11.1 Å². The van der Waals surface area contributed by atoms with Crippen LogP contribution in [0.3, 0.4) is 0 Å². The van der Waals surface area contributed by atoms with Crippen molar-refractivity contribution >= 4 is 17.5 Å². The highest BCUT2D eigenvalue weighted by molar-refractivity contribution is 6.18. The molecule has 4 nitrogen and oxygen atoms in total.